The van der Waals surface area contributed by atoms with Gasteiger partial charge < -0.3 is 5.73 Å². The van der Waals surface area contributed by atoms with Crippen molar-refractivity contribution in [2.75, 3.05) is 10.5 Å². The predicted octanol–water partition coefficient (Wildman–Crippen LogP) is 1.99. The number of nitrogens with one attached hydrogen (secondary N) is 2. The van der Waals surface area contributed by atoms with Gasteiger partial charge >= 0.3 is 0 Å². The summed E-state index contributed by atoms with van der Waals surface area (Å²) in [4.78, 5) is 0. The molecule has 1 aromatic rings. The van der Waals surface area contributed by atoms with E-state index >= 15 is 0 Å². The molecule has 0 atom stereocenters. The molecule has 17 heavy (non-hydrogen) atoms. The molecule has 7 heteroatoms. The van der Waals surface area contributed by atoms with Crippen LogP contribution in [-0.2, 0) is 10.2 Å². The minimum atomic E-state index is -3.60. The van der Waals surface area contributed by atoms with Gasteiger partial charge in [-0.25, -0.2) is 0 Å². The third-order valence-corrected chi connectivity index (χ3v) is 3.77. The fourth-order valence-corrected chi connectivity index (χ4v) is 3.35. The van der Waals surface area contributed by atoms with Crippen molar-refractivity contribution in [3.63, 3.8) is 0 Å². The lowest BCUT2D eigenvalue weighted by Crippen LogP contribution is -2.35. The highest BCUT2D eigenvalue weighted by molar-refractivity contribution is 9.10. The maximum Gasteiger partial charge on any atom is 0.299 e. The van der Waals surface area contributed by atoms with Gasteiger partial charge in [0.15, 0.2) is 0 Å². The second-order valence-electron chi connectivity index (χ2n) is 4.09. The van der Waals surface area contributed by atoms with Crippen LogP contribution in [-0.4, -0.2) is 14.5 Å². The largest absolute Gasteiger partial charge is 0.397 e. The van der Waals surface area contributed by atoms with Crippen molar-refractivity contribution in [1.29, 1.82) is 0 Å². The van der Waals surface area contributed by atoms with E-state index in [0.717, 1.165) is 5.56 Å². The molecule has 0 amide bonds. The minimum Gasteiger partial charge on any atom is -0.397 e. The molecule has 0 aromatic heterocycles. The van der Waals surface area contributed by atoms with Gasteiger partial charge in [-0.1, -0.05) is 0 Å². The highest BCUT2D eigenvalue weighted by Gasteiger charge is 2.15. The number of hydrogen-bond donors (Lipinski definition) is 3. The highest BCUT2D eigenvalue weighted by Crippen LogP contribution is 2.30. The van der Waals surface area contributed by atoms with E-state index in [1.165, 1.54) is 0 Å². The van der Waals surface area contributed by atoms with Crippen LogP contribution in [0.4, 0.5) is 11.4 Å². The topological polar surface area (TPSA) is 84.2 Å². The lowest BCUT2D eigenvalue weighted by Gasteiger charge is -2.15. The Hall–Kier alpha value is -0.790. The normalized spacial score (nSPS) is 11.8. The second kappa shape index (κ2) is 5.24. The van der Waals surface area contributed by atoms with Gasteiger partial charge in [0.2, 0.25) is 0 Å². The quantitative estimate of drug-likeness (QED) is 0.741. The van der Waals surface area contributed by atoms with Gasteiger partial charge in [-0.2, -0.15) is 13.1 Å². The number of aryl methyl sites for hydroxylation is 1. The fourth-order valence-electron chi connectivity index (χ4n) is 1.35. The average Bonchev–Trinajstić information content (AvgIpc) is 2.09. The van der Waals surface area contributed by atoms with E-state index in [-0.39, 0.29) is 6.04 Å². The van der Waals surface area contributed by atoms with Gasteiger partial charge in [0.1, 0.15) is 0 Å². The molecule has 0 fully saturated rings. The van der Waals surface area contributed by atoms with Crippen molar-refractivity contribution >= 4 is 37.5 Å². The Labute approximate surface area is 110 Å². The Morgan fingerprint density at radius 2 is 1.94 bits per heavy atom. The van der Waals surface area contributed by atoms with Crippen molar-refractivity contribution in [2.24, 2.45) is 0 Å². The molecular formula is C10H16BrN3O2S. The van der Waals surface area contributed by atoms with Gasteiger partial charge in [-0.3, -0.25) is 4.72 Å². The van der Waals surface area contributed by atoms with Gasteiger partial charge in [0, 0.05) is 10.5 Å². The first-order valence-corrected chi connectivity index (χ1v) is 7.34. The molecule has 0 saturated carbocycles. The fraction of sp³-hybridized carbons (Fsp3) is 0.400. The van der Waals surface area contributed by atoms with Gasteiger partial charge in [-0.15, -0.1) is 0 Å². The Morgan fingerprint density at radius 3 is 2.41 bits per heavy atom. The summed E-state index contributed by atoms with van der Waals surface area (Å²) in [7, 11) is -3.60. The second-order valence-corrected chi connectivity index (χ2v) is 6.39. The van der Waals surface area contributed by atoms with Crippen LogP contribution in [0.5, 0.6) is 0 Å². The molecule has 96 valence electrons. The van der Waals surface area contributed by atoms with E-state index in [1.807, 2.05) is 6.92 Å². The number of benzene rings is 1. The van der Waals surface area contributed by atoms with E-state index in [4.69, 9.17) is 5.73 Å². The highest BCUT2D eigenvalue weighted by atomic mass is 79.9. The summed E-state index contributed by atoms with van der Waals surface area (Å²) < 4.78 is 28.8. The van der Waals surface area contributed by atoms with Crippen LogP contribution in [0.2, 0.25) is 0 Å². The number of nitrogens with two attached hydrogens (primary N) is 1. The zero-order valence-electron chi connectivity index (χ0n) is 9.91. The molecule has 1 rings (SSSR count). The van der Waals surface area contributed by atoms with Gasteiger partial charge in [-0.05, 0) is 54.4 Å². The van der Waals surface area contributed by atoms with Gasteiger partial charge in [0.05, 0.1) is 11.4 Å². The molecule has 1 aromatic carbocycles. The summed E-state index contributed by atoms with van der Waals surface area (Å²) in [5, 5.41) is 0. The molecule has 0 radical (unpaired) electrons. The molecule has 0 unspecified atom stereocenters. The lowest BCUT2D eigenvalue weighted by molar-refractivity contribution is 0.575. The van der Waals surface area contributed by atoms with Crippen molar-refractivity contribution < 1.29 is 8.42 Å². The van der Waals surface area contributed by atoms with Crippen molar-refractivity contribution in [3.8, 4) is 0 Å². The molecule has 0 aliphatic carbocycles. The van der Waals surface area contributed by atoms with Crippen LogP contribution in [0.15, 0.2) is 16.6 Å². The van der Waals surface area contributed by atoms with E-state index in [9.17, 15) is 8.42 Å². The average molecular weight is 322 g/mol. The van der Waals surface area contributed by atoms with E-state index in [2.05, 4.69) is 25.4 Å². The number of rotatable bonds is 4. The maximum atomic E-state index is 11.7. The minimum absolute atomic E-state index is 0.182. The predicted molar refractivity (Wildman–Crippen MR) is 74.1 cm³/mol. The summed E-state index contributed by atoms with van der Waals surface area (Å²) in [6.45, 7) is 5.37. The molecule has 0 spiro atoms. The summed E-state index contributed by atoms with van der Waals surface area (Å²) in [5.41, 5.74) is 7.46. The van der Waals surface area contributed by atoms with Crippen molar-refractivity contribution in [1.82, 2.24) is 4.72 Å². The van der Waals surface area contributed by atoms with Crippen LogP contribution in [0.25, 0.3) is 0 Å². The molecule has 0 aliphatic rings. The Kier molecular flexibility index (Phi) is 4.40. The number of anilines is 2. The first kappa shape index (κ1) is 14.3. The molecule has 0 heterocycles. The Bertz CT molecular complexity index is 491. The monoisotopic (exact) mass is 321 g/mol. The zero-order chi connectivity index (χ0) is 13.2. The van der Waals surface area contributed by atoms with E-state index < -0.39 is 10.2 Å². The molecule has 5 nitrogen and oxygen atoms in total. The van der Waals surface area contributed by atoms with Crippen LogP contribution in [0.3, 0.4) is 0 Å². The Morgan fingerprint density at radius 1 is 1.35 bits per heavy atom. The zero-order valence-corrected chi connectivity index (χ0v) is 12.3. The summed E-state index contributed by atoms with van der Waals surface area (Å²) >= 11 is 3.28. The lowest BCUT2D eigenvalue weighted by atomic mass is 10.2. The van der Waals surface area contributed by atoms with Crippen LogP contribution < -0.4 is 15.2 Å². The molecule has 4 N–H and O–H groups in total. The number of halogens is 1. The van der Waals surface area contributed by atoms with Crippen molar-refractivity contribution in [2.45, 2.75) is 26.8 Å². The first-order chi connectivity index (χ1) is 7.71. The van der Waals surface area contributed by atoms with Crippen LogP contribution >= 0.6 is 15.9 Å². The number of hydrogen-bond acceptors (Lipinski definition) is 3. The molecule has 0 aliphatic heterocycles. The summed E-state index contributed by atoms with van der Waals surface area (Å²) in [5.74, 6) is 0. The molecule has 0 saturated heterocycles. The van der Waals surface area contributed by atoms with Crippen molar-refractivity contribution in [3.05, 3.63) is 22.2 Å². The van der Waals surface area contributed by atoms with Crippen LogP contribution in [0, 0.1) is 6.92 Å². The standard InChI is InChI=1S/C10H16BrN3O2S/c1-6(2)13-17(15,16)14-10-8(11)4-7(3)5-9(10)12/h4-6,13-14H,12H2,1-3H3. The van der Waals surface area contributed by atoms with Crippen LogP contribution in [0.1, 0.15) is 19.4 Å². The summed E-state index contributed by atoms with van der Waals surface area (Å²) in [6, 6.07) is 3.32. The van der Waals surface area contributed by atoms with E-state index in [1.54, 1.807) is 26.0 Å². The van der Waals surface area contributed by atoms with E-state index in [0.29, 0.717) is 15.8 Å². The van der Waals surface area contributed by atoms with Gasteiger partial charge in [0.25, 0.3) is 10.2 Å². The summed E-state index contributed by atoms with van der Waals surface area (Å²) in [6.07, 6.45) is 0. The first-order valence-electron chi connectivity index (χ1n) is 5.07. The Balaban J connectivity index is 3.04. The third kappa shape index (κ3) is 4.18. The maximum absolute atomic E-state index is 11.7. The number of nitrogen functional groups attached to an aromatic ring is 1. The molecular weight excluding hydrogens is 306 g/mol. The molecule has 0 bridgehead atoms. The SMILES string of the molecule is Cc1cc(N)c(NS(=O)(=O)NC(C)C)c(Br)c1. The third-order valence-electron chi connectivity index (χ3n) is 1.89. The smallest absolute Gasteiger partial charge is 0.299 e.